The van der Waals surface area contributed by atoms with Crippen LogP contribution in [0.25, 0.3) is 0 Å². The highest BCUT2D eigenvalue weighted by Crippen LogP contribution is 2.31. The molecule has 2 heteroatoms. The third kappa shape index (κ3) is 2.50. The maximum atomic E-state index is 9.21. The molecule has 0 bridgehead atoms. The summed E-state index contributed by atoms with van der Waals surface area (Å²) in [5, 5.41) is 9.21. The monoisotopic (exact) mass is 310 g/mol. The van der Waals surface area contributed by atoms with E-state index < -0.39 is 0 Å². The van der Waals surface area contributed by atoms with E-state index in [2.05, 4.69) is 34.7 Å². The zero-order chi connectivity index (χ0) is 10.7. The van der Waals surface area contributed by atoms with Gasteiger partial charge in [0.05, 0.1) is 3.92 Å². The van der Waals surface area contributed by atoms with Gasteiger partial charge in [0.2, 0.25) is 0 Å². The predicted molar refractivity (Wildman–Crippen MR) is 70.4 cm³/mol. The second-order valence-corrected chi connectivity index (χ2v) is 4.61. The standard InChI is InChI=1S/C13H11IO/c14-13(10-4-2-1-3-5-10)11-6-8-12(15)9-7-11/h1-9,13,15H. The zero-order valence-corrected chi connectivity index (χ0v) is 10.3. The number of hydrogen-bond donors (Lipinski definition) is 1. The van der Waals surface area contributed by atoms with E-state index in [1.807, 2.05) is 30.3 Å². The first-order valence-electron chi connectivity index (χ1n) is 4.75. The molecular weight excluding hydrogens is 299 g/mol. The Bertz CT molecular complexity index is 422. The fourth-order valence-corrected chi connectivity index (χ4v) is 2.29. The van der Waals surface area contributed by atoms with Crippen molar-refractivity contribution in [2.45, 2.75) is 3.92 Å². The van der Waals surface area contributed by atoms with Crippen LogP contribution < -0.4 is 0 Å². The fourth-order valence-electron chi connectivity index (χ4n) is 1.46. The first-order chi connectivity index (χ1) is 7.27. The molecule has 0 aliphatic rings. The summed E-state index contributed by atoms with van der Waals surface area (Å²) in [6, 6.07) is 17.7. The van der Waals surface area contributed by atoms with Crippen LogP contribution in [0, 0.1) is 0 Å². The van der Waals surface area contributed by atoms with Crippen molar-refractivity contribution >= 4 is 22.6 Å². The van der Waals surface area contributed by atoms with Gasteiger partial charge in [0.25, 0.3) is 0 Å². The van der Waals surface area contributed by atoms with E-state index in [1.54, 1.807) is 12.1 Å². The number of phenols is 1. The van der Waals surface area contributed by atoms with Crippen LogP contribution in [0.15, 0.2) is 54.6 Å². The quantitative estimate of drug-likeness (QED) is 0.658. The van der Waals surface area contributed by atoms with Crippen molar-refractivity contribution in [1.82, 2.24) is 0 Å². The van der Waals surface area contributed by atoms with Gasteiger partial charge in [-0.15, -0.1) is 0 Å². The normalized spacial score (nSPS) is 12.3. The molecule has 1 nitrogen and oxygen atoms in total. The number of aromatic hydroxyl groups is 1. The summed E-state index contributed by atoms with van der Waals surface area (Å²) < 4.78 is 0.337. The van der Waals surface area contributed by atoms with Crippen molar-refractivity contribution in [2.75, 3.05) is 0 Å². The Morgan fingerprint density at radius 2 is 1.33 bits per heavy atom. The lowest BCUT2D eigenvalue weighted by molar-refractivity contribution is 0.475. The van der Waals surface area contributed by atoms with E-state index in [0.29, 0.717) is 9.67 Å². The number of hydrogen-bond acceptors (Lipinski definition) is 1. The molecule has 1 atom stereocenters. The molecule has 0 aromatic heterocycles. The molecule has 0 aliphatic heterocycles. The molecular formula is C13H11IO. The average Bonchev–Trinajstić information content (AvgIpc) is 2.30. The van der Waals surface area contributed by atoms with E-state index in [-0.39, 0.29) is 0 Å². The van der Waals surface area contributed by atoms with Crippen LogP contribution in [0.3, 0.4) is 0 Å². The van der Waals surface area contributed by atoms with Crippen LogP contribution in [0.5, 0.6) is 5.75 Å². The predicted octanol–water partition coefficient (Wildman–Crippen LogP) is 3.92. The number of benzene rings is 2. The largest absolute Gasteiger partial charge is 0.508 e. The van der Waals surface area contributed by atoms with Gasteiger partial charge in [0.15, 0.2) is 0 Å². The molecule has 15 heavy (non-hydrogen) atoms. The smallest absolute Gasteiger partial charge is 0.115 e. The first kappa shape index (κ1) is 10.5. The lowest BCUT2D eigenvalue weighted by Gasteiger charge is -2.10. The van der Waals surface area contributed by atoms with Crippen LogP contribution in [0.1, 0.15) is 15.1 Å². The van der Waals surface area contributed by atoms with Gasteiger partial charge in [-0.3, -0.25) is 0 Å². The Hall–Kier alpha value is -1.03. The lowest BCUT2D eigenvalue weighted by atomic mass is 10.1. The summed E-state index contributed by atoms with van der Waals surface area (Å²) in [7, 11) is 0. The SMILES string of the molecule is Oc1ccc(C(I)c2ccccc2)cc1. The molecule has 0 fully saturated rings. The van der Waals surface area contributed by atoms with Crippen LogP contribution in [0.4, 0.5) is 0 Å². The Morgan fingerprint density at radius 3 is 1.93 bits per heavy atom. The minimum absolute atomic E-state index is 0.315. The van der Waals surface area contributed by atoms with E-state index in [1.165, 1.54) is 11.1 Å². The Kier molecular flexibility index (Phi) is 3.26. The van der Waals surface area contributed by atoms with Gasteiger partial charge in [0, 0.05) is 0 Å². The summed E-state index contributed by atoms with van der Waals surface area (Å²) in [6.07, 6.45) is 0. The summed E-state index contributed by atoms with van der Waals surface area (Å²) in [4.78, 5) is 0. The van der Waals surface area contributed by atoms with E-state index in [0.717, 1.165) is 0 Å². The summed E-state index contributed by atoms with van der Waals surface area (Å²) in [5.74, 6) is 0.315. The van der Waals surface area contributed by atoms with Crippen LogP contribution in [0.2, 0.25) is 0 Å². The molecule has 2 aromatic carbocycles. The average molecular weight is 310 g/mol. The van der Waals surface area contributed by atoms with E-state index in [4.69, 9.17) is 0 Å². The van der Waals surface area contributed by atoms with Gasteiger partial charge in [0.1, 0.15) is 5.75 Å². The molecule has 0 saturated carbocycles. The fraction of sp³-hybridized carbons (Fsp3) is 0.0769. The van der Waals surface area contributed by atoms with Gasteiger partial charge in [-0.05, 0) is 23.3 Å². The second-order valence-electron chi connectivity index (χ2n) is 3.36. The molecule has 0 spiro atoms. The van der Waals surface area contributed by atoms with Crippen LogP contribution in [-0.2, 0) is 0 Å². The molecule has 1 N–H and O–H groups in total. The number of rotatable bonds is 2. The van der Waals surface area contributed by atoms with Gasteiger partial charge >= 0.3 is 0 Å². The highest BCUT2D eigenvalue weighted by Gasteiger charge is 2.08. The summed E-state index contributed by atoms with van der Waals surface area (Å²) in [5.41, 5.74) is 2.49. The number of alkyl halides is 1. The number of halogens is 1. The van der Waals surface area contributed by atoms with Crippen LogP contribution in [-0.4, -0.2) is 5.11 Å². The molecule has 2 aromatic rings. The molecule has 0 aliphatic carbocycles. The topological polar surface area (TPSA) is 20.2 Å². The maximum Gasteiger partial charge on any atom is 0.115 e. The second kappa shape index (κ2) is 4.66. The lowest BCUT2D eigenvalue weighted by Crippen LogP contribution is -1.91. The Labute approximate surface area is 103 Å². The van der Waals surface area contributed by atoms with Crippen molar-refractivity contribution in [3.63, 3.8) is 0 Å². The van der Waals surface area contributed by atoms with Crippen molar-refractivity contribution in [3.8, 4) is 5.75 Å². The third-order valence-corrected chi connectivity index (χ3v) is 3.72. The van der Waals surface area contributed by atoms with Crippen LogP contribution >= 0.6 is 22.6 Å². The van der Waals surface area contributed by atoms with Crippen molar-refractivity contribution in [1.29, 1.82) is 0 Å². The van der Waals surface area contributed by atoms with E-state index in [9.17, 15) is 5.11 Å². The molecule has 1 unspecified atom stereocenters. The highest BCUT2D eigenvalue weighted by atomic mass is 127. The van der Waals surface area contributed by atoms with Gasteiger partial charge < -0.3 is 5.11 Å². The van der Waals surface area contributed by atoms with Gasteiger partial charge in [-0.2, -0.15) is 0 Å². The molecule has 2 rings (SSSR count). The molecule has 0 amide bonds. The third-order valence-electron chi connectivity index (χ3n) is 2.28. The first-order valence-corrected chi connectivity index (χ1v) is 6.00. The minimum atomic E-state index is 0.315. The summed E-state index contributed by atoms with van der Waals surface area (Å²) >= 11 is 2.40. The highest BCUT2D eigenvalue weighted by molar-refractivity contribution is 14.1. The van der Waals surface area contributed by atoms with Crippen molar-refractivity contribution < 1.29 is 5.11 Å². The van der Waals surface area contributed by atoms with Gasteiger partial charge in [-0.1, -0.05) is 65.1 Å². The van der Waals surface area contributed by atoms with Crippen molar-refractivity contribution in [3.05, 3.63) is 65.7 Å². The molecule has 0 heterocycles. The number of phenolic OH excluding ortho intramolecular Hbond substituents is 1. The zero-order valence-electron chi connectivity index (χ0n) is 8.10. The Morgan fingerprint density at radius 1 is 0.800 bits per heavy atom. The maximum absolute atomic E-state index is 9.21. The molecule has 0 saturated heterocycles. The minimum Gasteiger partial charge on any atom is -0.508 e. The van der Waals surface area contributed by atoms with Gasteiger partial charge in [-0.25, -0.2) is 0 Å². The van der Waals surface area contributed by atoms with Crippen molar-refractivity contribution in [2.24, 2.45) is 0 Å². The molecule has 76 valence electrons. The Balaban J connectivity index is 2.29. The van der Waals surface area contributed by atoms with E-state index >= 15 is 0 Å². The molecule has 0 radical (unpaired) electrons. The summed E-state index contributed by atoms with van der Waals surface area (Å²) in [6.45, 7) is 0.